The van der Waals surface area contributed by atoms with E-state index in [4.69, 9.17) is 18.9 Å². The van der Waals surface area contributed by atoms with Gasteiger partial charge in [-0.05, 0) is 90.7 Å². The van der Waals surface area contributed by atoms with E-state index in [1.165, 1.54) is 0 Å². The summed E-state index contributed by atoms with van der Waals surface area (Å²) in [7, 11) is 0. The Hall–Kier alpha value is -2.26. The monoisotopic (exact) mass is 660 g/mol. The van der Waals surface area contributed by atoms with E-state index in [0.717, 1.165) is 23.1 Å². The Kier molecular flexibility index (Phi) is 6.17. The number of allylic oxidation sites excluding steroid dienone is 1. The molecule has 6 fully saturated rings. The lowest BCUT2D eigenvalue weighted by molar-refractivity contribution is -0.346. The van der Waals surface area contributed by atoms with E-state index < -0.39 is 51.9 Å². The van der Waals surface area contributed by atoms with Crippen LogP contribution in [0.15, 0.2) is 17.7 Å². The smallest absolute Gasteiger partial charge is 0.251 e. The van der Waals surface area contributed by atoms with Crippen molar-refractivity contribution < 1.29 is 38.7 Å². The Bertz CT molecular complexity index is 1690. The number of carbonyl (C=O) groups is 2. The van der Waals surface area contributed by atoms with Gasteiger partial charge in [0, 0.05) is 22.1 Å². The van der Waals surface area contributed by atoms with Crippen LogP contribution >= 0.6 is 0 Å². The fourth-order valence-electron chi connectivity index (χ4n) is 13.1. The van der Waals surface area contributed by atoms with E-state index in [9.17, 15) is 15.0 Å². The van der Waals surface area contributed by atoms with Crippen LogP contribution in [0.2, 0.25) is 0 Å². The third kappa shape index (κ3) is 3.42. The summed E-state index contributed by atoms with van der Waals surface area (Å²) < 4.78 is 28.6. The Labute approximate surface area is 283 Å². The molecule has 260 valence electrons. The van der Waals surface area contributed by atoms with Crippen LogP contribution in [-0.4, -0.2) is 64.5 Å². The molecule has 10 atom stereocenters. The molecule has 5 aliphatic heterocycles. The lowest BCUT2D eigenvalue weighted by Crippen LogP contribution is -2.89. The number of fused-ring (bicyclic) bond motifs is 3. The highest BCUT2D eigenvalue weighted by molar-refractivity contribution is 6.48. The minimum atomic E-state index is -1.72. The molecule has 0 aromatic heterocycles. The van der Waals surface area contributed by atoms with Gasteiger partial charge >= 0.3 is 0 Å². The maximum atomic E-state index is 15.4. The van der Waals surface area contributed by atoms with E-state index in [2.05, 4.69) is 47.6 Å². The number of hydrogen-bond donors (Lipinski definition) is 2. The number of carbonyl (C=O) groups excluding carboxylic acids is 2. The number of rotatable bonds is 2. The second-order valence-electron chi connectivity index (χ2n) is 18.9. The average molecular weight is 661 g/mol. The van der Waals surface area contributed by atoms with Gasteiger partial charge in [-0.25, -0.2) is 0 Å². The van der Waals surface area contributed by atoms with Crippen LogP contribution in [0.5, 0.6) is 11.5 Å². The SMILES string of the molecule is CC(C)C1=C[C@@]23Oc4c(C(C)C)cc5c(c4O[C@]2(C(=O)C1=O)[C@]12CO[C@@H]3C[C@H]1C(C)(C)C[C@H](O)C2)[C@]12CO[C@@H]5C[C@H]1C(C)(C)C[C@H](O)C2. The molecule has 8 nitrogen and oxygen atoms in total. The third-order valence-corrected chi connectivity index (χ3v) is 14.7. The number of benzene rings is 1. The van der Waals surface area contributed by atoms with Gasteiger partial charge in [-0.1, -0.05) is 55.4 Å². The number of hydrogen-bond acceptors (Lipinski definition) is 8. The van der Waals surface area contributed by atoms with Crippen LogP contribution in [0, 0.1) is 34.0 Å². The molecule has 5 heterocycles. The maximum Gasteiger partial charge on any atom is 0.251 e. The Morgan fingerprint density at radius 3 is 2.17 bits per heavy atom. The van der Waals surface area contributed by atoms with Crippen molar-refractivity contribution in [3.05, 3.63) is 34.4 Å². The molecule has 2 spiro atoms. The van der Waals surface area contributed by atoms with Crippen molar-refractivity contribution in [3.8, 4) is 11.5 Å². The second-order valence-corrected chi connectivity index (χ2v) is 18.9. The van der Waals surface area contributed by atoms with Crippen molar-refractivity contribution in [2.45, 2.75) is 141 Å². The molecule has 3 saturated carbocycles. The highest BCUT2D eigenvalue weighted by Gasteiger charge is 2.86. The van der Waals surface area contributed by atoms with Gasteiger partial charge in [0.1, 0.15) is 6.10 Å². The molecule has 10 aliphatic rings. The standard InChI is InChI=1S/C40H52O8/c1-19(2)23-9-24-26-10-27-35(5,6)12-21(41)14-37(27,17-45-26)30(24)33-32(23)47-39-16-25(20(3)4)31(43)34(44)40(39,48-33)38-15-22(42)13-36(7,8)28(38)11-29(39)46-18-38/h9,16,19-22,26-29,41-42H,10-15,17-18H2,1-8H3/t21-,22-,26+,27-,28-,29+,37+,38+,39-,40+/m0/s1. The number of aliphatic hydroxyl groups is 2. The van der Waals surface area contributed by atoms with Crippen molar-refractivity contribution in [2.75, 3.05) is 13.2 Å². The molecule has 5 aliphatic carbocycles. The minimum absolute atomic E-state index is 0.0404. The lowest BCUT2D eigenvalue weighted by Gasteiger charge is -2.74. The van der Waals surface area contributed by atoms with E-state index in [1.54, 1.807) is 0 Å². The van der Waals surface area contributed by atoms with Crippen molar-refractivity contribution in [1.29, 1.82) is 0 Å². The molecule has 8 heteroatoms. The number of ketones is 2. The summed E-state index contributed by atoms with van der Waals surface area (Å²) in [6.45, 7) is 17.7. The van der Waals surface area contributed by atoms with Gasteiger partial charge in [0.25, 0.3) is 5.78 Å². The normalized spacial score (nSPS) is 45.6. The molecule has 11 rings (SSSR count). The van der Waals surface area contributed by atoms with Crippen LogP contribution in [0.25, 0.3) is 0 Å². The minimum Gasteiger partial charge on any atom is -0.471 e. The summed E-state index contributed by atoms with van der Waals surface area (Å²) in [5, 5.41) is 23.0. The predicted molar refractivity (Wildman–Crippen MR) is 177 cm³/mol. The third-order valence-electron chi connectivity index (χ3n) is 14.7. The molecule has 0 radical (unpaired) electrons. The van der Waals surface area contributed by atoms with E-state index >= 15 is 4.79 Å². The zero-order chi connectivity index (χ0) is 34.1. The van der Waals surface area contributed by atoms with Crippen molar-refractivity contribution in [2.24, 2.45) is 34.0 Å². The second kappa shape index (κ2) is 9.34. The molecule has 2 N–H and O–H groups in total. The van der Waals surface area contributed by atoms with Gasteiger partial charge in [-0.15, -0.1) is 0 Å². The van der Waals surface area contributed by atoms with Crippen LogP contribution in [0.4, 0.5) is 0 Å². The molecule has 4 bridgehead atoms. The Balaban J connectivity index is 1.39. The molecule has 1 aromatic rings. The quantitative estimate of drug-likeness (QED) is 0.378. The first-order valence-electron chi connectivity index (χ1n) is 18.5. The van der Waals surface area contributed by atoms with Gasteiger partial charge in [0.05, 0.1) is 36.9 Å². The molecule has 3 saturated heterocycles. The molecule has 0 unspecified atom stereocenters. The van der Waals surface area contributed by atoms with Crippen molar-refractivity contribution in [3.63, 3.8) is 0 Å². The maximum absolute atomic E-state index is 15.4. The lowest BCUT2D eigenvalue weighted by atomic mass is 9.38. The first kappa shape index (κ1) is 31.7. The summed E-state index contributed by atoms with van der Waals surface area (Å²) in [5.41, 5.74) is -1.65. The summed E-state index contributed by atoms with van der Waals surface area (Å²) in [6.07, 6.45) is 3.69. The zero-order valence-corrected chi connectivity index (χ0v) is 29.8. The van der Waals surface area contributed by atoms with Crippen LogP contribution in [0.3, 0.4) is 0 Å². The van der Waals surface area contributed by atoms with Crippen molar-refractivity contribution >= 4 is 11.6 Å². The molecule has 48 heavy (non-hydrogen) atoms. The average Bonchev–Trinajstić information content (AvgIpc) is 2.99. The number of Topliss-reactive ketones (excluding diaryl/α,β-unsaturated/α-hetero) is 2. The largest absolute Gasteiger partial charge is 0.471 e. The van der Waals surface area contributed by atoms with Gasteiger partial charge < -0.3 is 29.2 Å². The fourth-order valence-corrected chi connectivity index (χ4v) is 13.1. The summed E-state index contributed by atoms with van der Waals surface area (Å²) in [4.78, 5) is 29.8. The predicted octanol–water partition coefficient (Wildman–Crippen LogP) is 5.89. The summed E-state index contributed by atoms with van der Waals surface area (Å²) >= 11 is 0. The first-order chi connectivity index (χ1) is 22.4. The van der Waals surface area contributed by atoms with Crippen LogP contribution in [-0.2, 0) is 24.5 Å². The van der Waals surface area contributed by atoms with E-state index in [-0.39, 0.29) is 53.6 Å². The summed E-state index contributed by atoms with van der Waals surface area (Å²) in [6, 6.07) is 2.24. The van der Waals surface area contributed by atoms with Crippen molar-refractivity contribution in [1.82, 2.24) is 0 Å². The van der Waals surface area contributed by atoms with Gasteiger partial charge in [0.15, 0.2) is 11.5 Å². The highest BCUT2D eigenvalue weighted by Crippen LogP contribution is 2.74. The molecular formula is C40H52O8. The fraction of sp³-hybridized carbons (Fsp3) is 0.750. The molecular weight excluding hydrogens is 608 g/mol. The number of aliphatic hydroxyl groups excluding tert-OH is 2. The van der Waals surface area contributed by atoms with Gasteiger partial charge in [-0.2, -0.15) is 0 Å². The van der Waals surface area contributed by atoms with E-state index in [0.29, 0.717) is 49.4 Å². The topological polar surface area (TPSA) is 112 Å². The van der Waals surface area contributed by atoms with Crippen LogP contribution < -0.4 is 9.47 Å². The Morgan fingerprint density at radius 2 is 1.48 bits per heavy atom. The zero-order valence-electron chi connectivity index (χ0n) is 29.8. The number of ether oxygens (including phenoxy) is 4. The van der Waals surface area contributed by atoms with Crippen LogP contribution in [0.1, 0.15) is 123 Å². The molecule has 0 amide bonds. The summed E-state index contributed by atoms with van der Waals surface area (Å²) in [5.74, 6) is 0.140. The first-order valence-corrected chi connectivity index (χ1v) is 18.5. The highest BCUT2D eigenvalue weighted by atomic mass is 16.6. The molecule has 1 aromatic carbocycles. The van der Waals surface area contributed by atoms with Gasteiger partial charge in [-0.3, -0.25) is 9.59 Å². The van der Waals surface area contributed by atoms with E-state index in [1.807, 2.05) is 19.9 Å². The Morgan fingerprint density at radius 1 is 0.792 bits per heavy atom. The van der Waals surface area contributed by atoms with Gasteiger partial charge in [0.2, 0.25) is 17.0 Å².